The molecule has 0 saturated carbocycles. The number of fused-ring (bicyclic) bond motifs is 1. The van der Waals surface area contributed by atoms with Crippen molar-refractivity contribution in [1.29, 1.82) is 0 Å². The number of aromatic nitrogens is 4. The molecule has 168 valence electrons. The van der Waals surface area contributed by atoms with Crippen molar-refractivity contribution < 1.29 is 9.47 Å². The summed E-state index contributed by atoms with van der Waals surface area (Å²) in [7, 11) is 2.15. The fraction of sp³-hybridized carbons (Fsp3) is 0.435. The Morgan fingerprint density at radius 2 is 1.88 bits per heavy atom. The molecule has 5 rings (SSSR count). The highest BCUT2D eigenvalue weighted by Gasteiger charge is 2.20. The van der Waals surface area contributed by atoms with E-state index in [1.54, 1.807) is 0 Å². The van der Waals surface area contributed by atoms with Gasteiger partial charge in [0.25, 0.3) is 0 Å². The largest absolute Gasteiger partial charge is 0.491 e. The van der Waals surface area contributed by atoms with Gasteiger partial charge in [0.05, 0.1) is 12.7 Å². The average Bonchev–Trinajstić information content (AvgIpc) is 3.11. The second kappa shape index (κ2) is 8.76. The molecule has 3 aromatic rings. The Hall–Kier alpha value is -3.17. The van der Waals surface area contributed by atoms with Crippen molar-refractivity contribution in [1.82, 2.24) is 25.1 Å². The van der Waals surface area contributed by atoms with Crippen molar-refractivity contribution in [2.75, 3.05) is 56.7 Å². The summed E-state index contributed by atoms with van der Waals surface area (Å²) >= 11 is 0. The van der Waals surface area contributed by atoms with Crippen LogP contribution in [-0.2, 0) is 4.74 Å². The van der Waals surface area contributed by atoms with Crippen LogP contribution in [0.15, 0.2) is 30.3 Å². The molecule has 0 spiro atoms. The third-order valence-corrected chi connectivity index (χ3v) is 5.92. The Morgan fingerprint density at radius 1 is 1.03 bits per heavy atom. The second-order valence-corrected chi connectivity index (χ2v) is 8.40. The Kier molecular flexibility index (Phi) is 5.67. The minimum absolute atomic E-state index is 0.000671. The van der Waals surface area contributed by atoms with Crippen LogP contribution in [0.25, 0.3) is 11.4 Å². The van der Waals surface area contributed by atoms with E-state index in [1.165, 1.54) is 0 Å². The maximum Gasteiger partial charge on any atom is 0.164 e. The van der Waals surface area contributed by atoms with Crippen LogP contribution >= 0.6 is 0 Å². The van der Waals surface area contributed by atoms with Crippen molar-refractivity contribution >= 4 is 17.5 Å². The van der Waals surface area contributed by atoms with Crippen LogP contribution in [0.3, 0.4) is 0 Å². The number of rotatable bonds is 4. The molecule has 0 unspecified atom stereocenters. The van der Waals surface area contributed by atoms with Gasteiger partial charge in [-0.15, -0.1) is 0 Å². The third kappa shape index (κ3) is 4.39. The highest BCUT2D eigenvalue weighted by Crippen LogP contribution is 2.34. The SMILES string of the molecule is Cc1cc(Nc2cc(N3CCN(C)CC3)nc(-c3ccc4c(c3)OCCO[C@@H]4C)n2)n[nH]1. The molecule has 2 aliphatic rings. The van der Waals surface area contributed by atoms with E-state index in [0.29, 0.717) is 24.9 Å². The highest BCUT2D eigenvalue weighted by atomic mass is 16.5. The van der Waals surface area contributed by atoms with E-state index >= 15 is 0 Å². The van der Waals surface area contributed by atoms with Crippen molar-refractivity contribution in [3.8, 4) is 17.1 Å². The predicted octanol–water partition coefficient (Wildman–Crippen LogP) is 3.14. The van der Waals surface area contributed by atoms with Crippen molar-refractivity contribution in [2.24, 2.45) is 0 Å². The topological polar surface area (TPSA) is 91.4 Å². The summed E-state index contributed by atoms with van der Waals surface area (Å²) in [6.45, 7) is 9.00. The number of benzene rings is 1. The zero-order valence-corrected chi connectivity index (χ0v) is 18.8. The summed E-state index contributed by atoms with van der Waals surface area (Å²) in [5.41, 5.74) is 2.95. The number of nitrogens with zero attached hydrogens (tertiary/aromatic N) is 5. The van der Waals surface area contributed by atoms with E-state index in [-0.39, 0.29) is 6.10 Å². The summed E-state index contributed by atoms with van der Waals surface area (Å²) in [4.78, 5) is 14.4. The van der Waals surface area contributed by atoms with Gasteiger partial charge in [-0.05, 0) is 27.0 Å². The molecule has 2 aromatic heterocycles. The van der Waals surface area contributed by atoms with E-state index < -0.39 is 0 Å². The number of nitrogens with one attached hydrogen (secondary N) is 2. The second-order valence-electron chi connectivity index (χ2n) is 8.40. The number of aromatic amines is 1. The summed E-state index contributed by atoms with van der Waals surface area (Å²) < 4.78 is 11.7. The molecule has 4 heterocycles. The van der Waals surface area contributed by atoms with Gasteiger partial charge in [-0.2, -0.15) is 5.10 Å². The number of anilines is 3. The molecule has 0 bridgehead atoms. The van der Waals surface area contributed by atoms with Gasteiger partial charge < -0.3 is 24.6 Å². The predicted molar refractivity (Wildman–Crippen MR) is 124 cm³/mol. The maximum atomic E-state index is 5.94. The Labute approximate surface area is 187 Å². The van der Waals surface area contributed by atoms with E-state index in [1.807, 2.05) is 38.1 Å². The summed E-state index contributed by atoms with van der Waals surface area (Å²) in [6, 6.07) is 10.1. The molecule has 0 radical (unpaired) electrons. The summed E-state index contributed by atoms with van der Waals surface area (Å²) in [5, 5.41) is 10.6. The smallest absolute Gasteiger partial charge is 0.164 e. The molecular formula is C23H29N7O2. The minimum Gasteiger partial charge on any atom is -0.491 e. The van der Waals surface area contributed by atoms with Gasteiger partial charge in [0.1, 0.15) is 24.0 Å². The number of hydrogen-bond donors (Lipinski definition) is 2. The lowest BCUT2D eigenvalue weighted by Gasteiger charge is -2.33. The normalized spacial score (nSPS) is 19.2. The van der Waals surface area contributed by atoms with Crippen LogP contribution in [0.4, 0.5) is 17.5 Å². The maximum absolute atomic E-state index is 5.94. The van der Waals surface area contributed by atoms with Gasteiger partial charge in [-0.3, -0.25) is 5.10 Å². The summed E-state index contributed by atoms with van der Waals surface area (Å²) in [5.74, 6) is 3.83. The van der Waals surface area contributed by atoms with Crippen molar-refractivity contribution in [3.05, 3.63) is 41.6 Å². The molecule has 0 amide bonds. The molecule has 32 heavy (non-hydrogen) atoms. The minimum atomic E-state index is -0.000671. The molecule has 9 heteroatoms. The van der Waals surface area contributed by atoms with Gasteiger partial charge in [0, 0.05) is 55.1 Å². The number of likely N-dealkylation sites (N-methyl/N-ethyl adjacent to an activating group) is 1. The number of hydrogen-bond acceptors (Lipinski definition) is 8. The standard InChI is InChI=1S/C23H29N7O2/c1-15-12-21(28-27-15)24-20-14-22(30-8-6-29(3)7-9-30)26-23(25-20)17-4-5-18-16(2)31-10-11-32-19(18)13-17/h4-5,12-14,16H,6-11H2,1-3H3,(H2,24,25,26,27,28)/t16-/m1/s1. The average molecular weight is 436 g/mol. The monoisotopic (exact) mass is 435 g/mol. The van der Waals surface area contributed by atoms with Gasteiger partial charge in [-0.25, -0.2) is 9.97 Å². The zero-order chi connectivity index (χ0) is 22.1. The molecule has 1 atom stereocenters. The Bertz CT molecular complexity index is 1090. The molecule has 1 saturated heterocycles. The highest BCUT2D eigenvalue weighted by molar-refractivity contribution is 5.66. The molecule has 9 nitrogen and oxygen atoms in total. The molecule has 2 aliphatic heterocycles. The zero-order valence-electron chi connectivity index (χ0n) is 18.8. The summed E-state index contributed by atoms with van der Waals surface area (Å²) in [6.07, 6.45) is -0.000671. The van der Waals surface area contributed by atoms with Gasteiger partial charge >= 0.3 is 0 Å². The fourth-order valence-electron chi connectivity index (χ4n) is 4.04. The Morgan fingerprint density at radius 3 is 2.66 bits per heavy atom. The van der Waals surface area contributed by atoms with Gasteiger partial charge in [-0.1, -0.05) is 12.1 Å². The third-order valence-electron chi connectivity index (χ3n) is 5.92. The first-order valence-electron chi connectivity index (χ1n) is 11.1. The van der Waals surface area contributed by atoms with Crippen LogP contribution in [0.2, 0.25) is 0 Å². The number of aryl methyl sites for hydroxylation is 1. The van der Waals surface area contributed by atoms with Crippen LogP contribution in [0, 0.1) is 6.92 Å². The van der Waals surface area contributed by atoms with Gasteiger partial charge in [0.2, 0.25) is 0 Å². The van der Waals surface area contributed by atoms with Crippen LogP contribution < -0.4 is 15.0 Å². The number of H-pyrrole nitrogens is 1. The molecule has 0 aliphatic carbocycles. The van der Waals surface area contributed by atoms with E-state index in [2.05, 4.69) is 38.4 Å². The van der Waals surface area contributed by atoms with Crippen molar-refractivity contribution in [2.45, 2.75) is 20.0 Å². The molecule has 1 aromatic carbocycles. The first-order valence-corrected chi connectivity index (χ1v) is 11.1. The quantitative estimate of drug-likeness (QED) is 0.646. The molecular weight excluding hydrogens is 406 g/mol. The lowest BCUT2D eigenvalue weighted by molar-refractivity contribution is 0.0598. The van der Waals surface area contributed by atoms with Crippen LogP contribution in [0.1, 0.15) is 24.3 Å². The van der Waals surface area contributed by atoms with E-state index in [4.69, 9.17) is 19.4 Å². The first-order chi connectivity index (χ1) is 15.5. The molecule has 1 fully saturated rings. The number of piperazine rings is 1. The number of ether oxygens (including phenoxy) is 2. The lowest BCUT2D eigenvalue weighted by Crippen LogP contribution is -2.44. The van der Waals surface area contributed by atoms with Crippen LogP contribution in [-0.4, -0.2) is 71.5 Å². The molecule has 2 N–H and O–H groups in total. The van der Waals surface area contributed by atoms with Gasteiger partial charge in [0.15, 0.2) is 11.6 Å². The Balaban J connectivity index is 1.52. The first kappa shape index (κ1) is 20.7. The van der Waals surface area contributed by atoms with Crippen LogP contribution in [0.5, 0.6) is 5.75 Å². The lowest BCUT2D eigenvalue weighted by atomic mass is 10.1. The van der Waals surface area contributed by atoms with Crippen molar-refractivity contribution in [3.63, 3.8) is 0 Å². The van der Waals surface area contributed by atoms with E-state index in [9.17, 15) is 0 Å². The fourth-order valence-corrected chi connectivity index (χ4v) is 4.04. The van der Waals surface area contributed by atoms with E-state index in [0.717, 1.165) is 60.4 Å².